The molecule has 0 aliphatic heterocycles. The summed E-state index contributed by atoms with van der Waals surface area (Å²) in [4.78, 5) is 3.50. The Bertz CT molecular complexity index is 272. The monoisotopic (exact) mass is 196 g/mol. The first-order chi connectivity index (χ1) is 6.76. The first-order valence-electron chi connectivity index (χ1n) is 5.11. The van der Waals surface area contributed by atoms with Gasteiger partial charge in [-0.2, -0.15) is 4.39 Å². The van der Waals surface area contributed by atoms with Crippen LogP contribution in [0.5, 0.6) is 0 Å². The zero-order chi connectivity index (χ0) is 10.4. The molecular weight excluding hydrogens is 179 g/mol. The number of aromatic nitrogens is 1. The number of rotatable bonds is 5. The van der Waals surface area contributed by atoms with Gasteiger partial charge in [-0.1, -0.05) is 26.7 Å². The summed E-state index contributed by atoms with van der Waals surface area (Å²) in [6.07, 6.45) is 3.78. The highest BCUT2D eigenvalue weighted by Crippen LogP contribution is 2.11. The zero-order valence-electron chi connectivity index (χ0n) is 8.76. The van der Waals surface area contributed by atoms with Gasteiger partial charge >= 0.3 is 0 Å². The molecule has 1 aromatic rings. The van der Waals surface area contributed by atoms with Crippen LogP contribution in [0.25, 0.3) is 0 Å². The molecule has 78 valence electrons. The van der Waals surface area contributed by atoms with Crippen LogP contribution in [0.1, 0.15) is 26.7 Å². The van der Waals surface area contributed by atoms with E-state index in [1.54, 1.807) is 6.07 Å². The Morgan fingerprint density at radius 1 is 1.43 bits per heavy atom. The van der Waals surface area contributed by atoms with Crippen LogP contribution < -0.4 is 5.32 Å². The van der Waals surface area contributed by atoms with E-state index in [9.17, 15) is 4.39 Å². The van der Waals surface area contributed by atoms with Crippen LogP contribution in [0.3, 0.4) is 0 Å². The molecule has 1 heterocycles. The first-order valence-corrected chi connectivity index (χ1v) is 5.11. The molecule has 2 nitrogen and oxygen atoms in total. The molecule has 0 aromatic carbocycles. The van der Waals surface area contributed by atoms with Crippen molar-refractivity contribution in [3.63, 3.8) is 0 Å². The molecule has 0 radical (unpaired) electrons. The van der Waals surface area contributed by atoms with Crippen LogP contribution in [-0.4, -0.2) is 11.5 Å². The van der Waals surface area contributed by atoms with Gasteiger partial charge in [0.05, 0.1) is 0 Å². The van der Waals surface area contributed by atoms with Crippen molar-refractivity contribution in [3.8, 4) is 0 Å². The third kappa shape index (κ3) is 3.32. The maximum atomic E-state index is 12.7. The van der Waals surface area contributed by atoms with E-state index >= 15 is 0 Å². The van der Waals surface area contributed by atoms with Crippen LogP contribution in [0, 0.1) is 11.9 Å². The molecule has 3 heteroatoms. The maximum Gasteiger partial charge on any atom is 0.214 e. The minimum absolute atomic E-state index is 0.431. The Hall–Kier alpha value is -1.12. The Balaban J connectivity index is 2.44. The standard InChI is InChI=1S/C11H17FN2/c1-3-9(4-2)8-14-10-5-6-13-11(12)7-10/h5-7,9H,3-4,8H2,1-2H3,(H,13,14). The van der Waals surface area contributed by atoms with Crippen molar-refractivity contribution in [2.45, 2.75) is 26.7 Å². The molecule has 0 atom stereocenters. The zero-order valence-corrected chi connectivity index (χ0v) is 8.76. The highest BCUT2D eigenvalue weighted by atomic mass is 19.1. The van der Waals surface area contributed by atoms with Crippen molar-refractivity contribution in [3.05, 3.63) is 24.3 Å². The number of halogens is 1. The maximum absolute atomic E-state index is 12.7. The van der Waals surface area contributed by atoms with Crippen LogP contribution in [0.15, 0.2) is 18.3 Å². The van der Waals surface area contributed by atoms with E-state index in [2.05, 4.69) is 24.1 Å². The molecule has 1 N–H and O–H groups in total. The van der Waals surface area contributed by atoms with Gasteiger partial charge in [0.2, 0.25) is 5.95 Å². The summed E-state index contributed by atoms with van der Waals surface area (Å²) in [7, 11) is 0. The lowest BCUT2D eigenvalue weighted by Gasteiger charge is -2.13. The second-order valence-corrected chi connectivity index (χ2v) is 3.43. The number of nitrogens with one attached hydrogen (secondary N) is 1. The largest absolute Gasteiger partial charge is 0.385 e. The SMILES string of the molecule is CCC(CC)CNc1ccnc(F)c1. The molecule has 0 saturated heterocycles. The minimum atomic E-state index is -0.431. The van der Waals surface area contributed by atoms with Crippen molar-refractivity contribution >= 4 is 5.69 Å². The van der Waals surface area contributed by atoms with Crippen molar-refractivity contribution in [1.82, 2.24) is 4.98 Å². The molecule has 14 heavy (non-hydrogen) atoms. The molecular formula is C11H17FN2. The molecule has 0 saturated carbocycles. The summed E-state index contributed by atoms with van der Waals surface area (Å²) in [5.74, 6) is 0.228. The third-order valence-corrected chi connectivity index (χ3v) is 2.48. The Labute approximate surface area is 84.6 Å². The molecule has 0 amide bonds. The van der Waals surface area contributed by atoms with Crippen molar-refractivity contribution < 1.29 is 4.39 Å². The predicted octanol–water partition coefficient (Wildman–Crippen LogP) is 3.07. The van der Waals surface area contributed by atoms with E-state index in [1.807, 2.05) is 0 Å². The van der Waals surface area contributed by atoms with E-state index in [1.165, 1.54) is 12.3 Å². The second kappa shape index (κ2) is 5.58. The second-order valence-electron chi connectivity index (χ2n) is 3.43. The van der Waals surface area contributed by atoms with Crippen LogP contribution >= 0.6 is 0 Å². The third-order valence-electron chi connectivity index (χ3n) is 2.48. The molecule has 0 unspecified atom stereocenters. The fraction of sp³-hybridized carbons (Fsp3) is 0.545. The fourth-order valence-electron chi connectivity index (χ4n) is 1.35. The average Bonchev–Trinajstić information content (AvgIpc) is 2.19. The van der Waals surface area contributed by atoms with E-state index in [0.29, 0.717) is 5.92 Å². The lowest BCUT2D eigenvalue weighted by atomic mass is 10.0. The summed E-state index contributed by atoms with van der Waals surface area (Å²) in [5.41, 5.74) is 0.810. The van der Waals surface area contributed by atoms with Gasteiger partial charge in [0, 0.05) is 24.5 Å². The van der Waals surface area contributed by atoms with Gasteiger partial charge in [-0.25, -0.2) is 4.98 Å². The Morgan fingerprint density at radius 2 is 2.14 bits per heavy atom. The summed E-state index contributed by atoms with van der Waals surface area (Å²) < 4.78 is 12.7. The highest BCUT2D eigenvalue weighted by Gasteiger charge is 2.02. The summed E-state index contributed by atoms with van der Waals surface area (Å²) >= 11 is 0. The molecule has 1 aromatic heterocycles. The van der Waals surface area contributed by atoms with Crippen LogP contribution in [0.2, 0.25) is 0 Å². The van der Waals surface area contributed by atoms with Gasteiger partial charge < -0.3 is 5.32 Å². The van der Waals surface area contributed by atoms with Gasteiger partial charge in [-0.3, -0.25) is 0 Å². The molecule has 0 aliphatic rings. The molecule has 0 spiro atoms. The van der Waals surface area contributed by atoms with E-state index < -0.39 is 5.95 Å². The predicted molar refractivity (Wildman–Crippen MR) is 56.8 cm³/mol. The molecule has 0 bridgehead atoms. The van der Waals surface area contributed by atoms with Gasteiger partial charge in [-0.15, -0.1) is 0 Å². The molecule has 1 rings (SSSR count). The van der Waals surface area contributed by atoms with E-state index in [-0.39, 0.29) is 0 Å². The molecule has 0 aliphatic carbocycles. The lowest BCUT2D eigenvalue weighted by Crippen LogP contribution is -2.12. The van der Waals surface area contributed by atoms with Crippen molar-refractivity contribution in [1.29, 1.82) is 0 Å². The number of anilines is 1. The number of nitrogens with zero attached hydrogens (tertiary/aromatic N) is 1. The average molecular weight is 196 g/mol. The van der Waals surface area contributed by atoms with Gasteiger partial charge in [-0.05, 0) is 12.0 Å². The van der Waals surface area contributed by atoms with Gasteiger partial charge in [0.25, 0.3) is 0 Å². The quantitative estimate of drug-likeness (QED) is 0.732. The number of hydrogen-bond donors (Lipinski definition) is 1. The molecule has 0 fully saturated rings. The normalized spacial score (nSPS) is 10.6. The van der Waals surface area contributed by atoms with Crippen molar-refractivity contribution in [2.24, 2.45) is 5.92 Å². The van der Waals surface area contributed by atoms with Crippen molar-refractivity contribution in [2.75, 3.05) is 11.9 Å². The summed E-state index contributed by atoms with van der Waals surface area (Å²) in [6, 6.07) is 3.20. The Morgan fingerprint density at radius 3 is 2.71 bits per heavy atom. The minimum Gasteiger partial charge on any atom is -0.385 e. The highest BCUT2D eigenvalue weighted by molar-refractivity contribution is 5.41. The first kappa shape index (κ1) is 11.0. The van der Waals surface area contributed by atoms with Crippen LogP contribution in [-0.2, 0) is 0 Å². The smallest absolute Gasteiger partial charge is 0.214 e. The van der Waals surface area contributed by atoms with Gasteiger partial charge in [0.15, 0.2) is 0 Å². The van der Waals surface area contributed by atoms with Crippen LogP contribution in [0.4, 0.5) is 10.1 Å². The van der Waals surface area contributed by atoms with E-state index in [4.69, 9.17) is 0 Å². The fourth-order valence-corrected chi connectivity index (χ4v) is 1.35. The number of pyridine rings is 1. The van der Waals surface area contributed by atoms with Gasteiger partial charge in [0.1, 0.15) is 0 Å². The topological polar surface area (TPSA) is 24.9 Å². The summed E-state index contributed by atoms with van der Waals surface area (Å²) in [6.45, 7) is 5.24. The summed E-state index contributed by atoms with van der Waals surface area (Å²) in [5, 5.41) is 3.21. The number of hydrogen-bond acceptors (Lipinski definition) is 2. The van der Waals surface area contributed by atoms with E-state index in [0.717, 1.165) is 25.1 Å². The Kier molecular flexibility index (Phi) is 4.36. The lowest BCUT2D eigenvalue weighted by molar-refractivity contribution is 0.518.